The van der Waals surface area contributed by atoms with Gasteiger partial charge in [0.05, 0.1) is 19.0 Å². The van der Waals surface area contributed by atoms with Crippen molar-refractivity contribution in [3.05, 3.63) is 41.9 Å². The maximum atomic E-state index is 5.95. The number of imidazole rings is 1. The van der Waals surface area contributed by atoms with Gasteiger partial charge >= 0.3 is 0 Å². The van der Waals surface area contributed by atoms with Crippen molar-refractivity contribution in [2.75, 3.05) is 7.11 Å². The maximum absolute atomic E-state index is 5.95. The summed E-state index contributed by atoms with van der Waals surface area (Å²) in [6, 6.07) is 7.64. The smallest absolute Gasteiger partial charge is 0.142 e. The van der Waals surface area contributed by atoms with Gasteiger partial charge in [-0.1, -0.05) is 23.7 Å². The Labute approximate surface area is 86.9 Å². The Morgan fingerprint density at radius 3 is 2.79 bits per heavy atom. The lowest BCUT2D eigenvalue weighted by atomic mass is 10.3. The van der Waals surface area contributed by atoms with E-state index in [0.29, 0.717) is 5.15 Å². The van der Waals surface area contributed by atoms with E-state index >= 15 is 0 Å². The summed E-state index contributed by atoms with van der Waals surface area (Å²) in [6.45, 7) is 0. The Hall–Kier alpha value is -1.48. The minimum atomic E-state index is 0.564. The molecule has 0 amide bonds. The van der Waals surface area contributed by atoms with Crippen molar-refractivity contribution >= 4 is 11.6 Å². The number of ether oxygens (including phenoxy) is 1. The van der Waals surface area contributed by atoms with Crippen LogP contribution in [0.5, 0.6) is 5.75 Å². The van der Waals surface area contributed by atoms with Gasteiger partial charge in [-0.15, -0.1) is 0 Å². The molecule has 4 heteroatoms. The molecule has 0 atom stereocenters. The molecule has 3 nitrogen and oxygen atoms in total. The van der Waals surface area contributed by atoms with Crippen molar-refractivity contribution in [2.45, 2.75) is 0 Å². The molecule has 1 heterocycles. The van der Waals surface area contributed by atoms with Crippen LogP contribution in [0.3, 0.4) is 0 Å². The van der Waals surface area contributed by atoms with Crippen LogP contribution in [0.25, 0.3) is 5.69 Å². The van der Waals surface area contributed by atoms with E-state index in [4.69, 9.17) is 16.3 Å². The van der Waals surface area contributed by atoms with Gasteiger partial charge in [-0.05, 0) is 12.1 Å². The van der Waals surface area contributed by atoms with Crippen molar-refractivity contribution in [3.63, 3.8) is 0 Å². The highest BCUT2D eigenvalue weighted by Gasteiger charge is 2.06. The van der Waals surface area contributed by atoms with Crippen LogP contribution >= 0.6 is 11.6 Å². The molecular formula is C10H9ClN2O. The SMILES string of the molecule is COc1ccccc1-n1cncc1Cl. The van der Waals surface area contributed by atoms with Gasteiger partial charge in [-0.25, -0.2) is 4.98 Å². The van der Waals surface area contributed by atoms with Crippen molar-refractivity contribution in [3.8, 4) is 11.4 Å². The van der Waals surface area contributed by atoms with Gasteiger partial charge in [0.2, 0.25) is 0 Å². The summed E-state index contributed by atoms with van der Waals surface area (Å²) in [5.41, 5.74) is 0.887. The van der Waals surface area contributed by atoms with Gasteiger partial charge in [0.15, 0.2) is 0 Å². The molecule has 72 valence electrons. The summed E-state index contributed by atoms with van der Waals surface area (Å²) in [6.07, 6.45) is 3.24. The number of hydrogen-bond donors (Lipinski definition) is 0. The first-order chi connectivity index (χ1) is 6.83. The standard InChI is InChI=1S/C10H9ClN2O/c1-14-9-5-3-2-4-8(9)13-7-12-6-10(13)11/h2-7H,1H3. The highest BCUT2D eigenvalue weighted by Crippen LogP contribution is 2.24. The van der Waals surface area contributed by atoms with E-state index in [2.05, 4.69) is 4.98 Å². The largest absolute Gasteiger partial charge is 0.495 e. The van der Waals surface area contributed by atoms with Crippen molar-refractivity contribution < 1.29 is 4.74 Å². The summed E-state index contributed by atoms with van der Waals surface area (Å²) in [7, 11) is 1.63. The van der Waals surface area contributed by atoms with Gasteiger partial charge in [0.25, 0.3) is 0 Å². The Morgan fingerprint density at radius 2 is 2.14 bits per heavy atom. The van der Waals surface area contributed by atoms with Crippen LogP contribution in [0.2, 0.25) is 5.15 Å². The fraction of sp³-hybridized carbons (Fsp3) is 0.100. The normalized spacial score (nSPS) is 10.1. The molecule has 0 saturated carbocycles. The number of halogens is 1. The molecular weight excluding hydrogens is 200 g/mol. The number of hydrogen-bond acceptors (Lipinski definition) is 2. The Bertz CT molecular complexity index is 439. The van der Waals surface area contributed by atoms with Gasteiger partial charge < -0.3 is 4.74 Å². The van der Waals surface area contributed by atoms with Crippen LogP contribution < -0.4 is 4.74 Å². The fourth-order valence-electron chi connectivity index (χ4n) is 1.28. The highest BCUT2D eigenvalue weighted by atomic mass is 35.5. The lowest BCUT2D eigenvalue weighted by molar-refractivity contribution is 0.413. The molecule has 2 rings (SSSR count). The predicted molar refractivity (Wildman–Crippen MR) is 55.1 cm³/mol. The zero-order chi connectivity index (χ0) is 9.97. The van der Waals surface area contributed by atoms with Gasteiger partial charge in [0.1, 0.15) is 17.2 Å². The number of aromatic nitrogens is 2. The molecule has 1 aromatic heterocycles. The predicted octanol–water partition coefficient (Wildman–Crippen LogP) is 2.53. The molecule has 1 aromatic carbocycles. The Balaban J connectivity index is 2.56. The molecule has 0 fully saturated rings. The number of benzene rings is 1. The third kappa shape index (κ3) is 1.46. The first kappa shape index (κ1) is 9.09. The Kier molecular flexibility index (Phi) is 2.41. The molecule has 0 N–H and O–H groups in total. The third-order valence-electron chi connectivity index (χ3n) is 1.94. The van der Waals surface area contributed by atoms with E-state index in [1.165, 1.54) is 0 Å². The average molecular weight is 209 g/mol. The highest BCUT2D eigenvalue weighted by molar-refractivity contribution is 6.29. The minimum absolute atomic E-state index is 0.564. The molecule has 0 radical (unpaired) electrons. The molecule has 0 aliphatic rings. The topological polar surface area (TPSA) is 27.1 Å². The van der Waals surface area contributed by atoms with Crippen LogP contribution in [0.1, 0.15) is 0 Å². The van der Waals surface area contributed by atoms with Crippen LogP contribution in [-0.2, 0) is 0 Å². The van der Waals surface area contributed by atoms with Crippen LogP contribution in [-0.4, -0.2) is 16.7 Å². The summed E-state index contributed by atoms with van der Waals surface area (Å²) < 4.78 is 6.98. The third-order valence-corrected chi connectivity index (χ3v) is 2.22. The molecule has 0 saturated heterocycles. The maximum Gasteiger partial charge on any atom is 0.142 e. The summed E-state index contributed by atoms with van der Waals surface area (Å²) in [5.74, 6) is 0.771. The van der Waals surface area contributed by atoms with Gasteiger partial charge in [0, 0.05) is 0 Å². The zero-order valence-electron chi connectivity index (χ0n) is 7.64. The van der Waals surface area contributed by atoms with Gasteiger partial charge in [-0.2, -0.15) is 0 Å². The van der Waals surface area contributed by atoms with Crippen molar-refractivity contribution in [1.82, 2.24) is 9.55 Å². The number of rotatable bonds is 2. The second-order valence-corrected chi connectivity index (χ2v) is 3.15. The zero-order valence-corrected chi connectivity index (χ0v) is 8.40. The van der Waals surface area contributed by atoms with E-state index in [1.54, 1.807) is 24.2 Å². The second kappa shape index (κ2) is 3.72. The van der Waals surface area contributed by atoms with E-state index in [-0.39, 0.29) is 0 Å². The first-order valence-electron chi connectivity index (χ1n) is 4.14. The van der Waals surface area contributed by atoms with Crippen molar-refractivity contribution in [2.24, 2.45) is 0 Å². The number of nitrogens with zero attached hydrogens (tertiary/aromatic N) is 2. The monoisotopic (exact) mass is 208 g/mol. The lowest BCUT2D eigenvalue weighted by Gasteiger charge is -2.08. The first-order valence-corrected chi connectivity index (χ1v) is 4.52. The molecule has 0 bridgehead atoms. The summed E-state index contributed by atoms with van der Waals surface area (Å²) in [5, 5.41) is 0.564. The minimum Gasteiger partial charge on any atom is -0.495 e. The average Bonchev–Trinajstić information content (AvgIpc) is 2.64. The van der Waals surface area contributed by atoms with E-state index in [9.17, 15) is 0 Å². The van der Waals surface area contributed by atoms with E-state index in [0.717, 1.165) is 11.4 Å². The molecule has 0 aliphatic heterocycles. The van der Waals surface area contributed by atoms with E-state index < -0.39 is 0 Å². The molecule has 0 unspecified atom stereocenters. The summed E-state index contributed by atoms with van der Waals surface area (Å²) in [4.78, 5) is 3.95. The fourth-order valence-corrected chi connectivity index (χ4v) is 1.48. The van der Waals surface area contributed by atoms with Crippen LogP contribution in [0.15, 0.2) is 36.8 Å². The quantitative estimate of drug-likeness (QED) is 0.759. The van der Waals surface area contributed by atoms with Gasteiger partial charge in [-0.3, -0.25) is 4.57 Å². The molecule has 0 spiro atoms. The van der Waals surface area contributed by atoms with Crippen molar-refractivity contribution in [1.29, 1.82) is 0 Å². The van der Waals surface area contributed by atoms with Crippen LogP contribution in [0, 0.1) is 0 Å². The molecule has 2 aromatic rings. The number of methoxy groups -OCH3 is 1. The molecule has 0 aliphatic carbocycles. The molecule has 14 heavy (non-hydrogen) atoms. The lowest BCUT2D eigenvalue weighted by Crippen LogP contribution is -1.95. The van der Waals surface area contributed by atoms with E-state index in [1.807, 2.05) is 24.3 Å². The van der Waals surface area contributed by atoms with Crippen LogP contribution in [0.4, 0.5) is 0 Å². The second-order valence-electron chi connectivity index (χ2n) is 2.76. The Morgan fingerprint density at radius 1 is 1.36 bits per heavy atom. The summed E-state index contributed by atoms with van der Waals surface area (Å²) >= 11 is 5.95. The number of para-hydroxylation sites is 2.